The van der Waals surface area contributed by atoms with Crippen LogP contribution >= 0.6 is 0 Å². The lowest BCUT2D eigenvalue weighted by Crippen LogP contribution is -2.43. The summed E-state index contributed by atoms with van der Waals surface area (Å²) in [5.74, 6) is 0. The molecule has 0 unspecified atom stereocenters. The lowest BCUT2D eigenvalue weighted by Gasteiger charge is -2.29. The molecule has 1 N–H and O–H groups in total. The monoisotopic (exact) mass is 215 g/mol. The van der Waals surface area contributed by atoms with Crippen LogP contribution in [0.2, 0.25) is 0 Å². The van der Waals surface area contributed by atoms with E-state index in [9.17, 15) is 10.1 Å². The molecule has 2 rings (SSSR count). The molecule has 80 valence electrons. The maximum Gasteiger partial charge on any atom is 0.269 e. The molecule has 1 saturated heterocycles. The maximum absolute atomic E-state index is 10.7. The van der Waals surface area contributed by atoms with Crippen molar-refractivity contribution in [2.75, 3.05) is 30.9 Å². The number of piperazine rings is 1. The van der Waals surface area contributed by atoms with Crippen LogP contribution in [0.15, 0.2) is 24.3 Å². The van der Waals surface area contributed by atoms with Crippen molar-refractivity contribution in [3.63, 3.8) is 0 Å². The third kappa shape index (κ3) is 2.24. The smallest absolute Gasteiger partial charge is 0.269 e. The Morgan fingerprint density at radius 1 is 1.33 bits per heavy atom. The number of rotatable bonds is 2. The summed E-state index contributed by atoms with van der Waals surface area (Å²) in [6, 6.07) is 4.11. The zero-order chi connectivity index (χ0) is 17.8. The van der Waals surface area contributed by atoms with Gasteiger partial charge >= 0.3 is 0 Å². The minimum absolute atomic E-state index is 0.222. The van der Waals surface area contributed by atoms with Gasteiger partial charge < -0.3 is 10.2 Å². The topological polar surface area (TPSA) is 58.4 Å². The summed E-state index contributed by atoms with van der Waals surface area (Å²) in [7, 11) is 0. The quantitative estimate of drug-likeness (QED) is 0.590. The van der Waals surface area contributed by atoms with Gasteiger partial charge in [-0.1, -0.05) is 0 Å². The number of nitro benzene ring substituents is 1. The largest absolute Gasteiger partial charge is 0.369 e. The van der Waals surface area contributed by atoms with Crippen LogP contribution in [0.3, 0.4) is 0 Å². The number of anilines is 1. The first-order chi connectivity index (χ1) is 10.2. The molecule has 5 heteroatoms. The highest BCUT2D eigenvalue weighted by Gasteiger charge is 2.11. The molecule has 0 spiro atoms. The standard InChI is InChI=1S/C10H13N3O2/c14-13(15)10-3-1-9(2-4-10)12-7-5-11-6-8-12/h1-4,11H,5-8H2/i5D2,6D2,7D2,8D2. The van der Waals surface area contributed by atoms with Gasteiger partial charge in [-0.05, 0) is 12.1 Å². The lowest BCUT2D eigenvalue weighted by atomic mass is 10.2. The summed E-state index contributed by atoms with van der Waals surface area (Å²) in [6.07, 6.45) is 0. The number of hydrogen-bond donors (Lipinski definition) is 1. The third-order valence-corrected chi connectivity index (χ3v) is 1.78. The van der Waals surface area contributed by atoms with E-state index in [0.29, 0.717) is 4.90 Å². The molecule has 1 aliphatic rings. The van der Waals surface area contributed by atoms with Gasteiger partial charge in [0, 0.05) is 49.3 Å². The molecule has 0 aliphatic carbocycles. The van der Waals surface area contributed by atoms with Crippen molar-refractivity contribution in [2.45, 2.75) is 0 Å². The lowest BCUT2D eigenvalue weighted by molar-refractivity contribution is -0.384. The van der Waals surface area contributed by atoms with E-state index in [1.165, 1.54) is 0 Å². The first-order valence-electron chi connectivity index (χ1n) is 8.08. The van der Waals surface area contributed by atoms with Gasteiger partial charge in [-0.2, -0.15) is 0 Å². The normalized spacial score (nSPS) is 37.7. The Morgan fingerprint density at radius 3 is 2.47 bits per heavy atom. The second-order valence-corrected chi connectivity index (χ2v) is 2.71. The van der Waals surface area contributed by atoms with Crippen molar-refractivity contribution in [2.24, 2.45) is 0 Å². The van der Waals surface area contributed by atoms with Crippen LogP contribution < -0.4 is 10.2 Å². The Morgan fingerprint density at radius 2 is 1.93 bits per heavy atom. The molecule has 1 aromatic carbocycles. The number of benzene rings is 1. The van der Waals surface area contributed by atoms with Crippen LogP contribution in [0.5, 0.6) is 0 Å². The van der Waals surface area contributed by atoms with E-state index in [4.69, 9.17) is 11.0 Å². The second kappa shape index (κ2) is 4.27. The van der Waals surface area contributed by atoms with E-state index in [-0.39, 0.29) is 11.4 Å². The van der Waals surface area contributed by atoms with Crippen molar-refractivity contribution >= 4 is 11.4 Å². The molecule has 1 fully saturated rings. The summed E-state index contributed by atoms with van der Waals surface area (Å²) in [6.45, 7) is -11.7. The first-order valence-corrected chi connectivity index (χ1v) is 4.08. The first kappa shape index (κ1) is 4.09. The number of hydrogen-bond acceptors (Lipinski definition) is 4. The summed E-state index contributed by atoms with van der Waals surface area (Å²) in [5, 5.41) is 12.4. The molecule has 0 saturated carbocycles. The molecule has 0 atom stereocenters. The Labute approximate surface area is 99.1 Å². The van der Waals surface area contributed by atoms with E-state index in [1.807, 2.05) is 0 Å². The highest BCUT2D eigenvalue weighted by molar-refractivity contribution is 5.51. The molecule has 0 amide bonds. The fourth-order valence-corrected chi connectivity index (χ4v) is 1.08. The van der Waals surface area contributed by atoms with Gasteiger partial charge in [-0.3, -0.25) is 10.1 Å². The minimum Gasteiger partial charge on any atom is -0.369 e. The molecule has 0 radical (unpaired) electrons. The van der Waals surface area contributed by atoms with Crippen LogP contribution in [0.25, 0.3) is 0 Å². The fraction of sp³-hybridized carbons (Fsp3) is 0.400. The van der Waals surface area contributed by atoms with Gasteiger partial charge in [0.05, 0.1) is 10.4 Å². The molecule has 5 nitrogen and oxygen atoms in total. The average Bonchev–Trinajstić information content (AvgIpc) is 2.36. The molecule has 0 aromatic heterocycles. The van der Waals surface area contributed by atoms with Crippen LogP contribution in [-0.4, -0.2) is 30.9 Å². The molecular formula is C10H13N3O2. The van der Waals surface area contributed by atoms with E-state index in [2.05, 4.69) is 0 Å². The van der Waals surface area contributed by atoms with Crippen LogP contribution in [0, 0.1) is 10.1 Å². The molecule has 1 heterocycles. The molecule has 1 aromatic rings. The summed E-state index contributed by atoms with van der Waals surface area (Å²) in [4.78, 5) is 10.3. The van der Waals surface area contributed by atoms with Crippen molar-refractivity contribution in [1.29, 1.82) is 0 Å². The van der Waals surface area contributed by atoms with E-state index >= 15 is 0 Å². The van der Waals surface area contributed by atoms with Crippen molar-refractivity contribution < 1.29 is 15.9 Å². The van der Waals surface area contributed by atoms with E-state index in [1.54, 1.807) is 5.32 Å². The predicted molar refractivity (Wildman–Crippen MR) is 58.2 cm³/mol. The van der Waals surface area contributed by atoms with Gasteiger partial charge in [0.1, 0.15) is 0 Å². The number of nitrogens with one attached hydrogen (secondary N) is 1. The third-order valence-electron chi connectivity index (χ3n) is 1.78. The Hall–Kier alpha value is -1.62. The van der Waals surface area contributed by atoms with Gasteiger partial charge in [0.25, 0.3) is 5.69 Å². The SMILES string of the molecule is [2H]C1([2H])NC([2H])([2H])C([2H])([2H])N(c2ccc([N+](=O)[O-])cc2)C1([2H])[2H]. The van der Waals surface area contributed by atoms with Gasteiger partial charge in [0.15, 0.2) is 0 Å². The zero-order valence-corrected chi connectivity index (χ0v) is 7.52. The van der Waals surface area contributed by atoms with Crippen LogP contribution in [0.4, 0.5) is 11.4 Å². The van der Waals surface area contributed by atoms with Crippen molar-refractivity contribution in [3.8, 4) is 0 Å². The van der Waals surface area contributed by atoms with Crippen molar-refractivity contribution in [1.82, 2.24) is 5.32 Å². The average molecular weight is 215 g/mol. The second-order valence-electron chi connectivity index (χ2n) is 2.71. The van der Waals surface area contributed by atoms with Crippen LogP contribution in [0.1, 0.15) is 11.0 Å². The highest BCUT2D eigenvalue weighted by atomic mass is 16.6. The molecule has 0 bridgehead atoms. The number of non-ortho nitro benzene ring substituents is 1. The van der Waals surface area contributed by atoms with E-state index in [0.717, 1.165) is 24.3 Å². The molecular weight excluding hydrogens is 194 g/mol. The summed E-state index contributed by atoms with van der Waals surface area (Å²) < 4.78 is 62.3. The Balaban J connectivity index is 2.61. The van der Waals surface area contributed by atoms with E-state index < -0.39 is 30.9 Å². The van der Waals surface area contributed by atoms with Crippen molar-refractivity contribution in [3.05, 3.63) is 34.4 Å². The highest BCUT2D eigenvalue weighted by Crippen LogP contribution is 2.19. The Kier molecular flexibility index (Phi) is 1.17. The summed E-state index contributed by atoms with van der Waals surface area (Å²) in [5.41, 5.74) is -0.532. The van der Waals surface area contributed by atoms with Gasteiger partial charge in [0.2, 0.25) is 0 Å². The molecule has 15 heavy (non-hydrogen) atoms. The number of nitro groups is 1. The maximum atomic E-state index is 10.7. The zero-order valence-electron chi connectivity index (χ0n) is 15.5. The van der Waals surface area contributed by atoms with Crippen LogP contribution in [-0.2, 0) is 0 Å². The van der Waals surface area contributed by atoms with Gasteiger partial charge in [-0.15, -0.1) is 0 Å². The predicted octanol–water partition coefficient (Wildman–Crippen LogP) is 1.00. The number of nitrogens with zero attached hydrogens (tertiary/aromatic N) is 2. The fourth-order valence-electron chi connectivity index (χ4n) is 1.08. The van der Waals surface area contributed by atoms with Gasteiger partial charge in [-0.25, -0.2) is 0 Å². The summed E-state index contributed by atoms with van der Waals surface area (Å²) >= 11 is 0. The minimum atomic E-state index is -2.96. The Bertz CT molecular complexity index is 607. The molecule has 1 aliphatic heterocycles.